The first-order chi connectivity index (χ1) is 8.61. The summed E-state index contributed by atoms with van der Waals surface area (Å²) in [6.45, 7) is 4.84. The van der Waals surface area contributed by atoms with Crippen molar-refractivity contribution in [3.8, 4) is 0 Å². The first-order valence-electron chi connectivity index (χ1n) is 6.22. The van der Waals surface area contributed by atoms with Gasteiger partial charge in [0.05, 0.1) is 0 Å². The van der Waals surface area contributed by atoms with Crippen molar-refractivity contribution < 1.29 is 14.3 Å². The highest BCUT2D eigenvalue weighted by Gasteiger charge is 2.32. The maximum Gasteiger partial charge on any atom is 0.224 e. The van der Waals surface area contributed by atoms with Gasteiger partial charge in [-0.05, 0) is 18.1 Å². The van der Waals surface area contributed by atoms with Gasteiger partial charge < -0.3 is 14.4 Å². The Morgan fingerprint density at radius 2 is 2.33 bits per heavy atom. The molecule has 100 valence electrons. The van der Waals surface area contributed by atoms with E-state index in [-0.39, 0.29) is 17.9 Å². The van der Waals surface area contributed by atoms with Crippen molar-refractivity contribution >= 4 is 17.7 Å². The second-order valence-electron chi connectivity index (χ2n) is 4.88. The monoisotopic (exact) mass is 269 g/mol. The molecule has 0 radical (unpaired) electrons. The molecule has 1 fully saturated rings. The van der Waals surface area contributed by atoms with Crippen molar-refractivity contribution in [2.24, 2.45) is 5.92 Å². The normalized spacial score (nSPS) is 20.8. The van der Waals surface area contributed by atoms with Gasteiger partial charge in [0.25, 0.3) is 0 Å². The molecule has 0 aromatic carbocycles. The third-order valence-corrected chi connectivity index (χ3v) is 4.08. The second-order valence-corrected chi connectivity index (χ2v) is 6.06. The van der Waals surface area contributed by atoms with Crippen LogP contribution in [0.3, 0.4) is 0 Å². The molecule has 1 N–H and O–H groups in total. The molecule has 1 amide bonds. The minimum absolute atomic E-state index is 0.0473. The van der Waals surface area contributed by atoms with Gasteiger partial charge in [-0.1, -0.05) is 13.8 Å². The number of furan rings is 1. The minimum atomic E-state index is -0.102. The first kappa shape index (κ1) is 13.5. The van der Waals surface area contributed by atoms with Crippen LogP contribution >= 0.6 is 11.8 Å². The molecule has 4 nitrogen and oxygen atoms in total. The summed E-state index contributed by atoms with van der Waals surface area (Å²) in [6, 6.07) is 3.62. The van der Waals surface area contributed by atoms with Crippen LogP contribution in [0.25, 0.3) is 0 Å². The number of carbonyl (C=O) groups is 1. The van der Waals surface area contributed by atoms with Crippen LogP contribution in [0.2, 0.25) is 0 Å². The average Bonchev–Trinajstić information content (AvgIpc) is 2.80. The fraction of sp³-hybridized carbons (Fsp3) is 0.615. The number of rotatable bonds is 4. The summed E-state index contributed by atoms with van der Waals surface area (Å²) in [6.07, 6.45) is 0.599. The predicted octanol–water partition coefficient (Wildman–Crippen LogP) is 2.39. The van der Waals surface area contributed by atoms with Crippen molar-refractivity contribution in [3.05, 3.63) is 23.7 Å². The number of carbonyl (C=O) groups excluding carboxylic acids is 1. The molecule has 1 atom stereocenters. The highest BCUT2D eigenvalue weighted by atomic mass is 32.2. The summed E-state index contributed by atoms with van der Waals surface area (Å²) in [5.41, 5.74) is 0. The number of amides is 1. The van der Waals surface area contributed by atoms with Crippen LogP contribution in [-0.2, 0) is 11.4 Å². The number of thioether (sulfide) groups is 1. The molecular formula is C13H19NO3S. The Morgan fingerprint density at radius 3 is 2.94 bits per heavy atom. The summed E-state index contributed by atoms with van der Waals surface area (Å²) in [5.74, 6) is 2.76. The number of hydrogen-bond donors (Lipinski definition) is 1. The number of hydrogen-bond acceptors (Lipinski definition) is 4. The van der Waals surface area contributed by atoms with E-state index >= 15 is 0 Å². The summed E-state index contributed by atoms with van der Waals surface area (Å²) in [5, 5.41) is 8.98. The highest BCUT2D eigenvalue weighted by molar-refractivity contribution is 7.99. The number of aliphatic hydroxyl groups excluding tert-OH is 1. The van der Waals surface area contributed by atoms with Crippen LogP contribution in [0.1, 0.15) is 37.2 Å². The zero-order valence-electron chi connectivity index (χ0n) is 10.8. The standard InChI is InChI=1S/C13H19NO3S/c1-9(2)7-14-12(16)5-6-18-13(14)11-4-3-10(8-15)17-11/h3-4,9,13,15H,5-8H2,1-2H3. The van der Waals surface area contributed by atoms with E-state index in [1.54, 1.807) is 17.8 Å². The molecule has 1 aliphatic heterocycles. The van der Waals surface area contributed by atoms with Gasteiger partial charge in [-0.25, -0.2) is 0 Å². The molecule has 1 unspecified atom stereocenters. The average molecular weight is 269 g/mol. The largest absolute Gasteiger partial charge is 0.460 e. The maximum atomic E-state index is 12.0. The Hall–Kier alpha value is -0.940. The molecule has 1 saturated heterocycles. The van der Waals surface area contributed by atoms with E-state index < -0.39 is 0 Å². The molecule has 0 aliphatic carbocycles. The zero-order chi connectivity index (χ0) is 13.1. The van der Waals surface area contributed by atoms with Crippen molar-refractivity contribution in [2.75, 3.05) is 12.3 Å². The molecule has 18 heavy (non-hydrogen) atoms. The lowest BCUT2D eigenvalue weighted by Gasteiger charge is -2.35. The number of aliphatic hydroxyl groups is 1. The van der Waals surface area contributed by atoms with Gasteiger partial charge in [-0.15, -0.1) is 11.8 Å². The maximum absolute atomic E-state index is 12.0. The van der Waals surface area contributed by atoms with Gasteiger partial charge in [0, 0.05) is 18.7 Å². The van der Waals surface area contributed by atoms with Crippen molar-refractivity contribution in [1.82, 2.24) is 4.90 Å². The fourth-order valence-corrected chi connectivity index (χ4v) is 3.25. The molecule has 2 heterocycles. The SMILES string of the molecule is CC(C)CN1C(=O)CCSC1c1ccc(CO)o1. The predicted molar refractivity (Wildman–Crippen MR) is 71.0 cm³/mol. The van der Waals surface area contributed by atoms with Crippen LogP contribution in [0.5, 0.6) is 0 Å². The molecule has 2 rings (SSSR count). The third kappa shape index (κ3) is 2.90. The molecule has 0 bridgehead atoms. The molecule has 1 aliphatic rings. The van der Waals surface area contributed by atoms with E-state index in [0.29, 0.717) is 18.1 Å². The molecule has 1 aromatic heterocycles. The zero-order valence-corrected chi connectivity index (χ0v) is 11.6. The molecule has 0 spiro atoms. The lowest BCUT2D eigenvalue weighted by atomic mass is 10.2. The Balaban J connectivity index is 2.19. The Kier molecular flexibility index (Phi) is 4.35. The van der Waals surface area contributed by atoms with E-state index in [2.05, 4.69) is 13.8 Å². The summed E-state index contributed by atoms with van der Waals surface area (Å²) in [4.78, 5) is 13.9. The summed E-state index contributed by atoms with van der Waals surface area (Å²) in [7, 11) is 0. The molecule has 5 heteroatoms. The van der Waals surface area contributed by atoms with E-state index in [0.717, 1.165) is 18.1 Å². The number of nitrogens with zero attached hydrogens (tertiary/aromatic N) is 1. The van der Waals surface area contributed by atoms with Crippen LogP contribution < -0.4 is 0 Å². The lowest BCUT2D eigenvalue weighted by Crippen LogP contribution is -2.39. The van der Waals surface area contributed by atoms with Gasteiger partial charge >= 0.3 is 0 Å². The molecular weight excluding hydrogens is 250 g/mol. The topological polar surface area (TPSA) is 53.7 Å². The Labute approximate surface area is 111 Å². The molecule has 1 aromatic rings. The van der Waals surface area contributed by atoms with Crippen molar-refractivity contribution in [2.45, 2.75) is 32.2 Å². The second kappa shape index (κ2) is 5.80. The van der Waals surface area contributed by atoms with Gasteiger partial charge in [0.1, 0.15) is 23.5 Å². The minimum Gasteiger partial charge on any atom is -0.460 e. The fourth-order valence-electron chi connectivity index (χ4n) is 2.06. The Bertz CT molecular complexity index is 416. The summed E-state index contributed by atoms with van der Waals surface area (Å²) >= 11 is 1.72. The van der Waals surface area contributed by atoms with Gasteiger partial charge in [-0.3, -0.25) is 4.79 Å². The van der Waals surface area contributed by atoms with Crippen LogP contribution in [0.4, 0.5) is 0 Å². The van der Waals surface area contributed by atoms with Crippen molar-refractivity contribution in [3.63, 3.8) is 0 Å². The smallest absolute Gasteiger partial charge is 0.224 e. The van der Waals surface area contributed by atoms with Crippen LogP contribution in [0.15, 0.2) is 16.5 Å². The van der Waals surface area contributed by atoms with Gasteiger partial charge in [0.15, 0.2) is 0 Å². The van der Waals surface area contributed by atoms with Gasteiger partial charge in [-0.2, -0.15) is 0 Å². The van der Waals surface area contributed by atoms with E-state index in [9.17, 15) is 4.79 Å². The highest BCUT2D eigenvalue weighted by Crippen LogP contribution is 2.38. The quantitative estimate of drug-likeness (QED) is 0.912. The van der Waals surface area contributed by atoms with E-state index in [4.69, 9.17) is 9.52 Å². The Morgan fingerprint density at radius 1 is 1.56 bits per heavy atom. The van der Waals surface area contributed by atoms with Crippen LogP contribution in [0, 0.1) is 5.92 Å². The molecule has 0 saturated carbocycles. The van der Waals surface area contributed by atoms with Crippen LogP contribution in [-0.4, -0.2) is 28.2 Å². The summed E-state index contributed by atoms with van der Waals surface area (Å²) < 4.78 is 5.57. The van der Waals surface area contributed by atoms with E-state index in [1.165, 1.54) is 0 Å². The third-order valence-electron chi connectivity index (χ3n) is 2.84. The first-order valence-corrected chi connectivity index (χ1v) is 7.27. The van der Waals surface area contributed by atoms with Crippen molar-refractivity contribution in [1.29, 1.82) is 0 Å². The van der Waals surface area contributed by atoms with E-state index in [1.807, 2.05) is 11.0 Å². The van der Waals surface area contributed by atoms with Gasteiger partial charge in [0.2, 0.25) is 5.91 Å². The lowest BCUT2D eigenvalue weighted by molar-refractivity contribution is -0.132.